The van der Waals surface area contributed by atoms with Crippen molar-refractivity contribution in [1.82, 2.24) is 5.32 Å². The van der Waals surface area contributed by atoms with Crippen LogP contribution < -0.4 is 16.0 Å². The zero-order valence-corrected chi connectivity index (χ0v) is 13.0. The minimum Gasteiger partial charge on any atom is -0.506 e. The second-order valence-electron chi connectivity index (χ2n) is 5.31. The van der Waals surface area contributed by atoms with Gasteiger partial charge in [-0.15, -0.1) is 0 Å². The normalized spacial score (nSPS) is 10.2. The molecule has 0 spiro atoms. The maximum atomic E-state index is 12.2. The van der Waals surface area contributed by atoms with Gasteiger partial charge in [0.15, 0.2) is 0 Å². The monoisotopic (exact) mass is 313 g/mol. The van der Waals surface area contributed by atoms with Gasteiger partial charge < -0.3 is 21.1 Å². The molecule has 0 saturated carbocycles. The lowest BCUT2D eigenvalue weighted by molar-refractivity contribution is 0.102. The van der Waals surface area contributed by atoms with Gasteiger partial charge in [0.05, 0.1) is 5.69 Å². The molecule has 6 nitrogen and oxygen atoms in total. The highest BCUT2D eigenvalue weighted by Crippen LogP contribution is 2.22. The Kier molecular flexibility index (Phi) is 5.19. The van der Waals surface area contributed by atoms with E-state index in [1.54, 1.807) is 42.5 Å². The molecule has 0 fully saturated rings. The first-order valence-electron chi connectivity index (χ1n) is 7.22. The topological polar surface area (TPSA) is 90.5 Å². The van der Waals surface area contributed by atoms with Gasteiger partial charge in [-0.25, -0.2) is 4.79 Å². The van der Waals surface area contributed by atoms with Gasteiger partial charge in [-0.3, -0.25) is 4.79 Å². The highest BCUT2D eigenvalue weighted by molar-refractivity contribution is 6.06. The third-order valence-electron chi connectivity index (χ3n) is 2.95. The Hall–Kier alpha value is -3.02. The zero-order valence-electron chi connectivity index (χ0n) is 13.0. The van der Waals surface area contributed by atoms with Crippen LogP contribution in [0.2, 0.25) is 0 Å². The molecule has 0 atom stereocenters. The highest BCUT2D eigenvalue weighted by atomic mass is 16.3. The number of benzene rings is 2. The fraction of sp³-hybridized carbons (Fsp3) is 0.176. The Morgan fingerprint density at radius 3 is 2.43 bits per heavy atom. The number of carbonyl (C=O) groups excluding carboxylic acids is 2. The third-order valence-corrected chi connectivity index (χ3v) is 2.95. The molecule has 23 heavy (non-hydrogen) atoms. The Morgan fingerprint density at radius 1 is 1.00 bits per heavy atom. The number of rotatable bonds is 4. The predicted octanol–water partition coefficient (Wildman–Crippen LogP) is 3.17. The number of aromatic hydroxyl groups is 1. The molecular weight excluding hydrogens is 294 g/mol. The molecule has 0 unspecified atom stereocenters. The van der Waals surface area contributed by atoms with Crippen LogP contribution in [0.25, 0.3) is 0 Å². The maximum Gasteiger partial charge on any atom is 0.319 e. The summed E-state index contributed by atoms with van der Waals surface area (Å²) in [6, 6.07) is 12.7. The lowest BCUT2D eigenvalue weighted by Gasteiger charge is -2.11. The summed E-state index contributed by atoms with van der Waals surface area (Å²) in [5.41, 5.74) is 1.21. The van der Waals surface area contributed by atoms with Crippen LogP contribution in [0.4, 0.5) is 16.2 Å². The first kappa shape index (κ1) is 16.4. The van der Waals surface area contributed by atoms with Crippen LogP contribution in [0, 0.1) is 0 Å². The van der Waals surface area contributed by atoms with Crippen LogP contribution in [-0.4, -0.2) is 23.1 Å². The zero-order chi connectivity index (χ0) is 16.8. The maximum absolute atomic E-state index is 12.2. The van der Waals surface area contributed by atoms with Crippen molar-refractivity contribution in [3.63, 3.8) is 0 Å². The van der Waals surface area contributed by atoms with Crippen LogP contribution in [0.1, 0.15) is 24.2 Å². The molecule has 0 heterocycles. The first-order chi connectivity index (χ1) is 11.0. The van der Waals surface area contributed by atoms with E-state index < -0.39 is 0 Å². The molecule has 0 aliphatic rings. The molecular formula is C17H19N3O3. The van der Waals surface area contributed by atoms with Gasteiger partial charge in [-0.1, -0.05) is 18.2 Å². The standard InChI is InChI=1S/C17H19N3O3/c1-11(2)18-17(23)19-13-7-5-6-12(10-13)16(22)20-14-8-3-4-9-15(14)21/h3-11,21H,1-2H3,(H,20,22)(H2,18,19,23). The molecule has 0 aliphatic carbocycles. The Balaban J connectivity index is 2.08. The summed E-state index contributed by atoms with van der Waals surface area (Å²) in [7, 11) is 0. The van der Waals surface area contributed by atoms with Crippen molar-refractivity contribution in [3.05, 3.63) is 54.1 Å². The number of hydrogen-bond acceptors (Lipinski definition) is 3. The van der Waals surface area contributed by atoms with Gasteiger partial charge in [-0.05, 0) is 44.2 Å². The second-order valence-corrected chi connectivity index (χ2v) is 5.31. The minimum atomic E-state index is -0.376. The van der Waals surface area contributed by atoms with Crippen molar-refractivity contribution in [2.24, 2.45) is 0 Å². The molecule has 0 saturated heterocycles. The van der Waals surface area contributed by atoms with E-state index in [0.717, 1.165) is 0 Å². The van der Waals surface area contributed by atoms with E-state index in [-0.39, 0.29) is 23.7 Å². The fourth-order valence-electron chi connectivity index (χ4n) is 1.94. The van der Waals surface area contributed by atoms with Crippen LogP contribution in [-0.2, 0) is 0 Å². The molecule has 120 valence electrons. The van der Waals surface area contributed by atoms with Crippen molar-refractivity contribution in [3.8, 4) is 5.75 Å². The number of phenolic OH excluding ortho intramolecular Hbond substituents is 1. The molecule has 4 N–H and O–H groups in total. The summed E-state index contributed by atoms with van der Waals surface area (Å²) in [6.45, 7) is 3.71. The third kappa shape index (κ3) is 4.74. The SMILES string of the molecule is CC(C)NC(=O)Nc1cccc(C(=O)Nc2ccccc2O)c1. The van der Waals surface area contributed by atoms with E-state index in [1.165, 1.54) is 6.07 Å². The molecule has 2 aromatic rings. The van der Waals surface area contributed by atoms with E-state index in [2.05, 4.69) is 16.0 Å². The minimum absolute atomic E-state index is 0.00793. The van der Waals surface area contributed by atoms with E-state index in [4.69, 9.17) is 0 Å². The molecule has 6 heteroatoms. The summed E-state index contributed by atoms with van der Waals surface area (Å²) < 4.78 is 0. The van der Waals surface area contributed by atoms with E-state index >= 15 is 0 Å². The first-order valence-corrected chi connectivity index (χ1v) is 7.22. The van der Waals surface area contributed by atoms with Crippen molar-refractivity contribution in [1.29, 1.82) is 0 Å². The van der Waals surface area contributed by atoms with Gasteiger partial charge >= 0.3 is 6.03 Å². The van der Waals surface area contributed by atoms with E-state index in [0.29, 0.717) is 16.9 Å². The van der Waals surface area contributed by atoms with Crippen LogP contribution in [0.15, 0.2) is 48.5 Å². The van der Waals surface area contributed by atoms with Gasteiger partial charge in [0, 0.05) is 17.3 Å². The number of nitrogens with one attached hydrogen (secondary N) is 3. The van der Waals surface area contributed by atoms with Crippen LogP contribution in [0.3, 0.4) is 0 Å². The Labute approximate surface area is 134 Å². The smallest absolute Gasteiger partial charge is 0.319 e. The molecule has 0 radical (unpaired) electrons. The average molecular weight is 313 g/mol. The Bertz CT molecular complexity index is 714. The quantitative estimate of drug-likeness (QED) is 0.653. The van der Waals surface area contributed by atoms with Gasteiger partial charge in [0.1, 0.15) is 5.75 Å². The Morgan fingerprint density at radius 2 is 1.74 bits per heavy atom. The number of anilines is 2. The lowest BCUT2D eigenvalue weighted by Crippen LogP contribution is -2.34. The van der Waals surface area contributed by atoms with Crippen molar-refractivity contribution >= 4 is 23.3 Å². The summed E-state index contributed by atoms with van der Waals surface area (Å²) in [6.07, 6.45) is 0. The number of urea groups is 1. The predicted molar refractivity (Wildman–Crippen MR) is 89.8 cm³/mol. The summed E-state index contributed by atoms with van der Waals surface area (Å²) >= 11 is 0. The van der Waals surface area contributed by atoms with Crippen molar-refractivity contribution in [2.45, 2.75) is 19.9 Å². The summed E-state index contributed by atoms with van der Waals surface area (Å²) in [5.74, 6) is -0.383. The molecule has 0 aromatic heterocycles. The molecule has 0 bridgehead atoms. The fourth-order valence-corrected chi connectivity index (χ4v) is 1.94. The van der Waals surface area contributed by atoms with Gasteiger partial charge in [0.2, 0.25) is 0 Å². The summed E-state index contributed by atoms with van der Waals surface area (Å²) in [5, 5.41) is 17.7. The van der Waals surface area contributed by atoms with Crippen molar-refractivity contribution in [2.75, 3.05) is 10.6 Å². The highest BCUT2D eigenvalue weighted by Gasteiger charge is 2.10. The largest absolute Gasteiger partial charge is 0.506 e. The molecule has 0 aliphatic heterocycles. The molecule has 3 amide bonds. The summed E-state index contributed by atoms with van der Waals surface area (Å²) in [4.78, 5) is 23.9. The number of hydrogen-bond donors (Lipinski definition) is 4. The molecule has 2 rings (SSSR count). The van der Waals surface area contributed by atoms with E-state index in [9.17, 15) is 14.7 Å². The number of phenols is 1. The van der Waals surface area contributed by atoms with Crippen molar-refractivity contribution < 1.29 is 14.7 Å². The van der Waals surface area contributed by atoms with Crippen LogP contribution in [0.5, 0.6) is 5.75 Å². The number of para-hydroxylation sites is 2. The second kappa shape index (κ2) is 7.31. The van der Waals surface area contributed by atoms with E-state index in [1.807, 2.05) is 13.8 Å². The number of carbonyl (C=O) groups is 2. The number of amides is 3. The van der Waals surface area contributed by atoms with Crippen LogP contribution >= 0.6 is 0 Å². The average Bonchev–Trinajstić information content (AvgIpc) is 2.49. The van der Waals surface area contributed by atoms with Gasteiger partial charge in [0.25, 0.3) is 5.91 Å². The molecule has 2 aromatic carbocycles. The lowest BCUT2D eigenvalue weighted by atomic mass is 10.2. The van der Waals surface area contributed by atoms with Gasteiger partial charge in [-0.2, -0.15) is 0 Å².